The number of nitrogens with zero attached hydrogens (tertiary/aromatic N) is 4. The van der Waals surface area contributed by atoms with Crippen molar-refractivity contribution in [1.82, 2.24) is 24.8 Å². The van der Waals surface area contributed by atoms with Gasteiger partial charge in [-0.15, -0.1) is 10.2 Å². The molecule has 2 aliphatic rings. The van der Waals surface area contributed by atoms with Crippen molar-refractivity contribution in [1.29, 1.82) is 0 Å². The molecule has 2 atom stereocenters. The molecule has 2 aliphatic heterocycles. The van der Waals surface area contributed by atoms with E-state index in [0.717, 1.165) is 24.3 Å². The van der Waals surface area contributed by atoms with Gasteiger partial charge in [0.05, 0.1) is 17.7 Å². The van der Waals surface area contributed by atoms with Gasteiger partial charge in [0.1, 0.15) is 11.9 Å². The Balaban J connectivity index is 1.29. The van der Waals surface area contributed by atoms with E-state index in [-0.39, 0.29) is 30.1 Å². The number of pyridine rings is 1. The molecule has 3 amide bonds. The van der Waals surface area contributed by atoms with Gasteiger partial charge < -0.3 is 15.5 Å². The van der Waals surface area contributed by atoms with Crippen LogP contribution in [0.2, 0.25) is 0 Å². The van der Waals surface area contributed by atoms with Gasteiger partial charge in [-0.1, -0.05) is 18.2 Å². The summed E-state index contributed by atoms with van der Waals surface area (Å²) in [6, 6.07) is 11.6. The SMILES string of the molecule is O=C1N[C@H](CC(=O)N2CCC[C@@H](c3nnc4ccccn34)C2)C(=O)Nc2ccccc21. The van der Waals surface area contributed by atoms with Crippen molar-refractivity contribution < 1.29 is 14.4 Å². The highest BCUT2D eigenvalue weighted by Crippen LogP contribution is 2.27. The van der Waals surface area contributed by atoms with Crippen molar-refractivity contribution in [3.8, 4) is 0 Å². The Morgan fingerprint density at radius 2 is 1.94 bits per heavy atom. The van der Waals surface area contributed by atoms with Crippen LogP contribution in [0.4, 0.5) is 5.69 Å². The molecule has 2 aromatic heterocycles. The molecule has 158 valence electrons. The fraction of sp³-hybridized carbons (Fsp3) is 0.318. The number of likely N-dealkylation sites (tertiary alicyclic amines) is 1. The Kier molecular flexibility index (Phi) is 4.85. The molecule has 0 spiro atoms. The minimum atomic E-state index is -0.915. The molecular weight excluding hydrogens is 396 g/mol. The zero-order chi connectivity index (χ0) is 21.4. The van der Waals surface area contributed by atoms with E-state index in [1.54, 1.807) is 29.2 Å². The summed E-state index contributed by atoms with van der Waals surface area (Å²) in [6.07, 6.45) is 3.59. The molecule has 9 nitrogen and oxygen atoms in total. The molecule has 9 heteroatoms. The summed E-state index contributed by atoms with van der Waals surface area (Å²) in [6.45, 7) is 1.13. The molecule has 1 aromatic carbocycles. The molecule has 0 saturated carbocycles. The minimum absolute atomic E-state index is 0.0666. The van der Waals surface area contributed by atoms with Crippen molar-refractivity contribution in [3.63, 3.8) is 0 Å². The van der Waals surface area contributed by atoms with Crippen LogP contribution in [0.3, 0.4) is 0 Å². The maximum atomic E-state index is 13.0. The summed E-state index contributed by atoms with van der Waals surface area (Å²) in [5.41, 5.74) is 1.62. The number of hydrogen-bond donors (Lipinski definition) is 2. The number of amides is 3. The quantitative estimate of drug-likeness (QED) is 0.671. The van der Waals surface area contributed by atoms with Crippen LogP contribution in [0.25, 0.3) is 5.65 Å². The number of hydrogen-bond acceptors (Lipinski definition) is 5. The third-order valence-corrected chi connectivity index (χ3v) is 5.91. The molecule has 5 rings (SSSR count). The molecule has 1 saturated heterocycles. The van der Waals surface area contributed by atoms with E-state index in [9.17, 15) is 14.4 Å². The Morgan fingerprint density at radius 1 is 1.10 bits per heavy atom. The molecule has 31 heavy (non-hydrogen) atoms. The lowest BCUT2D eigenvalue weighted by Gasteiger charge is -2.32. The highest BCUT2D eigenvalue weighted by molar-refractivity contribution is 6.10. The predicted octanol–water partition coefficient (Wildman–Crippen LogP) is 1.58. The molecule has 4 heterocycles. The second-order valence-electron chi connectivity index (χ2n) is 7.93. The number of para-hydroxylation sites is 1. The lowest BCUT2D eigenvalue weighted by molar-refractivity contribution is -0.134. The molecule has 2 N–H and O–H groups in total. The van der Waals surface area contributed by atoms with Gasteiger partial charge in [-0.05, 0) is 37.1 Å². The third-order valence-electron chi connectivity index (χ3n) is 5.91. The predicted molar refractivity (Wildman–Crippen MR) is 112 cm³/mol. The summed E-state index contributed by atoms with van der Waals surface area (Å²) in [7, 11) is 0. The first-order chi connectivity index (χ1) is 15.1. The van der Waals surface area contributed by atoms with Gasteiger partial charge in [-0.25, -0.2) is 0 Å². The number of carbonyl (C=O) groups is 3. The average Bonchev–Trinajstić information content (AvgIpc) is 3.18. The number of carbonyl (C=O) groups excluding carboxylic acids is 3. The van der Waals surface area contributed by atoms with Gasteiger partial charge in [0.2, 0.25) is 11.8 Å². The van der Waals surface area contributed by atoms with Crippen LogP contribution < -0.4 is 10.6 Å². The first-order valence-corrected chi connectivity index (χ1v) is 10.4. The average molecular weight is 418 g/mol. The maximum absolute atomic E-state index is 13.0. The largest absolute Gasteiger partial charge is 0.342 e. The van der Waals surface area contributed by atoms with Crippen molar-refractivity contribution in [2.24, 2.45) is 0 Å². The molecule has 1 fully saturated rings. The van der Waals surface area contributed by atoms with Gasteiger partial charge in [0.15, 0.2) is 5.65 Å². The zero-order valence-electron chi connectivity index (χ0n) is 16.8. The fourth-order valence-corrected chi connectivity index (χ4v) is 4.31. The van der Waals surface area contributed by atoms with Gasteiger partial charge in [-0.2, -0.15) is 0 Å². The fourth-order valence-electron chi connectivity index (χ4n) is 4.31. The Morgan fingerprint density at radius 3 is 2.84 bits per heavy atom. The molecule has 3 aromatic rings. The lowest BCUT2D eigenvalue weighted by Crippen LogP contribution is -2.47. The van der Waals surface area contributed by atoms with Crippen LogP contribution in [0.5, 0.6) is 0 Å². The Bertz CT molecular complexity index is 1170. The Labute approximate surface area is 178 Å². The molecule has 0 unspecified atom stereocenters. The van der Waals surface area contributed by atoms with Crippen LogP contribution >= 0.6 is 0 Å². The molecule has 0 radical (unpaired) electrons. The number of benzene rings is 1. The number of nitrogens with one attached hydrogen (secondary N) is 2. The number of fused-ring (bicyclic) bond motifs is 2. The van der Waals surface area contributed by atoms with Crippen molar-refractivity contribution in [2.45, 2.75) is 31.2 Å². The summed E-state index contributed by atoms with van der Waals surface area (Å²) in [5.74, 6) is -0.00671. The molecular formula is C22H22N6O3. The van der Waals surface area contributed by atoms with E-state index >= 15 is 0 Å². The minimum Gasteiger partial charge on any atom is -0.342 e. The highest BCUT2D eigenvalue weighted by Gasteiger charge is 2.33. The summed E-state index contributed by atoms with van der Waals surface area (Å²) < 4.78 is 1.95. The smallest absolute Gasteiger partial charge is 0.254 e. The van der Waals surface area contributed by atoms with Gasteiger partial charge in [0, 0.05) is 25.2 Å². The van der Waals surface area contributed by atoms with Crippen LogP contribution in [-0.2, 0) is 9.59 Å². The van der Waals surface area contributed by atoms with Crippen LogP contribution in [0.1, 0.15) is 41.4 Å². The van der Waals surface area contributed by atoms with E-state index in [2.05, 4.69) is 20.8 Å². The number of aromatic nitrogens is 3. The molecule has 0 aliphatic carbocycles. The zero-order valence-corrected chi connectivity index (χ0v) is 16.8. The van der Waals surface area contributed by atoms with Gasteiger partial charge in [-0.3, -0.25) is 18.8 Å². The van der Waals surface area contributed by atoms with E-state index in [1.807, 2.05) is 28.8 Å². The number of rotatable bonds is 3. The van der Waals surface area contributed by atoms with Crippen molar-refractivity contribution >= 4 is 29.1 Å². The molecule has 0 bridgehead atoms. The lowest BCUT2D eigenvalue weighted by atomic mass is 9.96. The monoisotopic (exact) mass is 418 g/mol. The van der Waals surface area contributed by atoms with E-state index in [0.29, 0.717) is 24.3 Å². The van der Waals surface area contributed by atoms with Crippen LogP contribution in [0.15, 0.2) is 48.7 Å². The van der Waals surface area contributed by atoms with E-state index < -0.39 is 6.04 Å². The number of anilines is 1. The third kappa shape index (κ3) is 3.63. The van der Waals surface area contributed by atoms with Gasteiger partial charge in [0.25, 0.3) is 5.91 Å². The second-order valence-corrected chi connectivity index (χ2v) is 7.93. The van der Waals surface area contributed by atoms with E-state index in [4.69, 9.17) is 0 Å². The second kappa shape index (κ2) is 7.82. The van der Waals surface area contributed by atoms with Crippen molar-refractivity contribution in [2.75, 3.05) is 18.4 Å². The standard InChI is InChI=1S/C22H22N6O3/c29-19(12-17-22(31)23-16-8-2-1-7-15(16)21(30)24-17)27-10-5-6-14(13-27)20-26-25-18-9-3-4-11-28(18)20/h1-4,7-9,11,14,17H,5-6,10,12-13H2,(H,23,31)(H,24,30)/t14-,17-/m1/s1. The maximum Gasteiger partial charge on any atom is 0.254 e. The van der Waals surface area contributed by atoms with Crippen LogP contribution in [0, 0.1) is 0 Å². The normalized spacial score (nSPS) is 21.2. The Hall–Kier alpha value is -3.75. The highest BCUT2D eigenvalue weighted by atomic mass is 16.2. The first kappa shape index (κ1) is 19.2. The van der Waals surface area contributed by atoms with Gasteiger partial charge >= 0.3 is 0 Å². The van der Waals surface area contributed by atoms with E-state index in [1.165, 1.54) is 0 Å². The summed E-state index contributed by atoms with van der Waals surface area (Å²) in [4.78, 5) is 39.9. The number of piperidine rings is 1. The van der Waals surface area contributed by atoms with Crippen LogP contribution in [-0.4, -0.2) is 56.4 Å². The first-order valence-electron chi connectivity index (χ1n) is 10.4. The topological polar surface area (TPSA) is 109 Å². The summed E-state index contributed by atoms with van der Waals surface area (Å²) in [5, 5.41) is 14.0. The summed E-state index contributed by atoms with van der Waals surface area (Å²) >= 11 is 0. The van der Waals surface area contributed by atoms with Crippen molar-refractivity contribution in [3.05, 3.63) is 60.0 Å².